The lowest BCUT2D eigenvalue weighted by atomic mass is 10.0. The van der Waals surface area contributed by atoms with E-state index in [9.17, 15) is 4.39 Å². The topological polar surface area (TPSA) is 35.2 Å². The lowest BCUT2D eigenvalue weighted by Crippen LogP contribution is -2.09. The highest BCUT2D eigenvalue weighted by molar-refractivity contribution is 6.30. The van der Waals surface area contributed by atoms with Crippen LogP contribution in [0.3, 0.4) is 0 Å². The van der Waals surface area contributed by atoms with Crippen molar-refractivity contribution in [1.29, 1.82) is 0 Å². The van der Waals surface area contributed by atoms with Crippen LogP contribution in [-0.4, -0.2) is 6.61 Å². The van der Waals surface area contributed by atoms with Gasteiger partial charge in [-0.15, -0.1) is 0 Å². The summed E-state index contributed by atoms with van der Waals surface area (Å²) in [4.78, 5) is 0. The number of fused-ring (bicyclic) bond motifs is 1. The monoisotopic (exact) mass is 215 g/mol. The fraction of sp³-hybridized carbons (Fsp3) is 0.400. The number of halogens is 2. The zero-order valence-corrected chi connectivity index (χ0v) is 8.35. The van der Waals surface area contributed by atoms with Gasteiger partial charge < -0.3 is 10.5 Å². The van der Waals surface area contributed by atoms with E-state index in [2.05, 4.69) is 0 Å². The van der Waals surface area contributed by atoms with E-state index in [-0.39, 0.29) is 11.1 Å². The van der Waals surface area contributed by atoms with E-state index in [1.165, 1.54) is 6.07 Å². The molecule has 1 heterocycles. The van der Waals surface area contributed by atoms with Gasteiger partial charge in [0.1, 0.15) is 11.6 Å². The first-order valence-electron chi connectivity index (χ1n) is 4.56. The van der Waals surface area contributed by atoms with Crippen molar-refractivity contribution in [3.63, 3.8) is 0 Å². The number of hydrogen-bond donors (Lipinski definition) is 1. The molecule has 1 aromatic carbocycles. The fourth-order valence-electron chi connectivity index (χ4n) is 1.60. The second-order valence-electron chi connectivity index (χ2n) is 3.40. The molecule has 2 nitrogen and oxygen atoms in total. The van der Waals surface area contributed by atoms with E-state index in [0.29, 0.717) is 12.4 Å². The summed E-state index contributed by atoms with van der Waals surface area (Å²) in [5.74, 6) is 0.0661. The highest BCUT2D eigenvalue weighted by Crippen LogP contribution is 2.33. The van der Waals surface area contributed by atoms with Crippen molar-refractivity contribution in [3.8, 4) is 5.75 Å². The molecule has 1 aromatic rings. The molecular formula is C10H11ClFNO. The molecule has 0 unspecified atom stereocenters. The van der Waals surface area contributed by atoms with Crippen molar-refractivity contribution >= 4 is 11.6 Å². The van der Waals surface area contributed by atoms with Crippen molar-refractivity contribution in [2.75, 3.05) is 6.61 Å². The van der Waals surface area contributed by atoms with E-state index in [1.807, 2.05) is 0 Å². The Bertz CT molecular complexity index is 356. The van der Waals surface area contributed by atoms with Gasteiger partial charge in [0.05, 0.1) is 11.6 Å². The maximum atomic E-state index is 13.1. The number of hydrogen-bond acceptors (Lipinski definition) is 2. The molecule has 1 atom stereocenters. The molecule has 0 saturated heterocycles. The van der Waals surface area contributed by atoms with Gasteiger partial charge in [-0.05, 0) is 18.9 Å². The Morgan fingerprint density at radius 2 is 2.29 bits per heavy atom. The van der Waals surface area contributed by atoms with Crippen LogP contribution in [0.2, 0.25) is 5.02 Å². The van der Waals surface area contributed by atoms with Gasteiger partial charge >= 0.3 is 0 Å². The van der Waals surface area contributed by atoms with Crippen LogP contribution in [0.1, 0.15) is 24.4 Å². The minimum atomic E-state index is -0.459. The van der Waals surface area contributed by atoms with Crippen molar-refractivity contribution < 1.29 is 9.13 Å². The molecule has 0 bridgehead atoms. The van der Waals surface area contributed by atoms with Gasteiger partial charge in [0.15, 0.2) is 0 Å². The molecule has 4 heteroatoms. The highest BCUT2D eigenvalue weighted by atomic mass is 35.5. The van der Waals surface area contributed by atoms with E-state index in [1.54, 1.807) is 6.07 Å². The van der Waals surface area contributed by atoms with E-state index >= 15 is 0 Å². The fourth-order valence-corrected chi connectivity index (χ4v) is 1.77. The Kier molecular flexibility index (Phi) is 2.61. The van der Waals surface area contributed by atoms with Gasteiger partial charge in [-0.25, -0.2) is 4.39 Å². The standard InChI is InChI=1S/C10H11ClFNO/c11-7-4-6-9(13)2-1-3-14-10(6)5-8(7)12/h4-5,9H,1-3,13H2/t9-/m1/s1. The number of ether oxygens (including phenoxy) is 1. The smallest absolute Gasteiger partial charge is 0.145 e. The summed E-state index contributed by atoms with van der Waals surface area (Å²) in [6, 6.07) is 2.76. The maximum Gasteiger partial charge on any atom is 0.145 e. The molecule has 76 valence electrons. The Morgan fingerprint density at radius 3 is 3.07 bits per heavy atom. The van der Waals surface area contributed by atoms with Crippen molar-refractivity contribution in [1.82, 2.24) is 0 Å². The molecular weight excluding hydrogens is 205 g/mol. The quantitative estimate of drug-likeness (QED) is 0.722. The van der Waals surface area contributed by atoms with Crippen LogP contribution in [0.25, 0.3) is 0 Å². The van der Waals surface area contributed by atoms with E-state index in [0.717, 1.165) is 18.4 Å². The van der Waals surface area contributed by atoms with Crippen molar-refractivity contribution in [3.05, 3.63) is 28.5 Å². The van der Waals surface area contributed by atoms with E-state index < -0.39 is 5.82 Å². The van der Waals surface area contributed by atoms with Gasteiger partial charge in [0.25, 0.3) is 0 Å². The summed E-state index contributed by atoms with van der Waals surface area (Å²) >= 11 is 5.68. The number of nitrogens with two attached hydrogens (primary N) is 1. The van der Waals surface area contributed by atoms with Crippen LogP contribution in [0.5, 0.6) is 5.75 Å². The Balaban J connectivity index is 2.49. The van der Waals surface area contributed by atoms with Crippen LogP contribution in [0.15, 0.2) is 12.1 Å². The first kappa shape index (κ1) is 9.74. The summed E-state index contributed by atoms with van der Waals surface area (Å²) in [5.41, 5.74) is 6.70. The van der Waals surface area contributed by atoms with Crippen LogP contribution in [-0.2, 0) is 0 Å². The molecule has 0 spiro atoms. The van der Waals surface area contributed by atoms with Gasteiger partial charge in [0.2, 0.25) is 0 Å². The van der Waals surface area contributed by atoms with E-state index in [4.69, 9.17) is 22.1 Å². The number of benzene rings is 1. The molecule has 1 aliphatic rings. The summed E-state index contributed by atoms with van der Waals surface area (Å²) in [7, 11) is 0. The lowest BCUT2D eigenvalue weighted by Gasteiger charge is -2.12. The maximum absolute atomic E-state index is 13.1. The van der Waals surface area contributed by atoms with Crippen LogP contribution in [0, 0.1) is 5.82 Å². The molecule has 0 saturated carbocycles. The SMILES string of the molecule is N[C@@H]1CCCOc2cc(F)c(Cl)cc21. The Hall–Kier alpha value is -0.800. The average Bonchev–Trinajstić information content (AvgIpc) is 2.31. The van der Waals surface area contributed by atoms with Crippen LogP contribution >= 0.6 is 11.6 Å². The normalized spacial score (nSPS) is 20.9. The van der Waals surface area contributed by atoms with Crippen molar-refractivity contribution in [2.45, 2.75) is 18.9 Å². The second-order valence-corrected chi connectivity index (χ2v) is 3.81. The zero-order valence-electron chi connectivity index (χ0n) is 7.59. The van der Waals surface area contributed by atoms with Crippen LogP contribution in [0.4, 0.5) is 4.39 Å². The third-order valence-corrected chi connectivity index (χ3v) is 2.66. The highest BCUT2D eigenvalue weighted by Gasteiger charge is 2.18. The largest absolute Gasteiger partial charge is 0.493 e. The summed E-state index contributed by atoms with van der Waals surface area (Å²) in [5, 5.41) is 0.102. The van der Waals surface area contributed by atoms with Crippen LogP contribution < -0.4 is 10.5 Å². The summed E-state index contributed by atoms with van der Waals surface area (Å²) in [6.07, 6.45) is 1.73. The Labute approximate surface area is 86.8 Å². The van der Waals surface area contributed by atoms with Gasteiger partial charge in [-0.3, -0.25) is 0 Å². The molecule has 0 radical (unpaired) electrons. The number of rotatable bonds is 0. The third-order valence-electron chi connectivity index (χ3n) is 2.37. The lowest BCUT2D eigenvalue weighted by molar-refractivity contribution is 0.314. The minimum absolute atomic E-state index is 0.102. The third kappa shape index (κ3) is 1.70. The van der Waals surface area contributed by atoms with Gasteiger partial charge in [-0.2, -0.15) is 0 Å². The Morgan fingerprint density at radius 1 is 1.50 bits per heavy atom. The minimum Gasteiger partial charge on any atom is -0.493 e. The first-order chi connectivity index (χ1) is 6.68. The predicted octanol–water partition coefficient (Wildman–Crippen LogP) is 2.65. The molecule has 0 aromatic heterocycles. The summed E-state index contributed by atoms with van der Waals surface area (Å²) < 4.78 is 18.5. The van der Waals surface area contributed by atoms with Crippen molar-refractivity contribution in [2.24, 2.45) is 5.73 Å². The molecule has 2 rings (SSSR count). The first-order valence-corrected chi connectivity index (χ1v) is 4.93. The molecule has 0 fully saturated rings. The molecule has 2 N–H and O–H groups in total. The molecule has 14 heavy (non-hydrogen) atoms. The predicted molar refractivity (Wildman–Crippen MR) is 53.1 cm³/mol. The van der Waals surface area contributed by atoms with Gasteiger partial charge in [0, 0.05) is 17.7 Å². The molecule has 1 aliphatic heterocycles. The zero-order chi connectivity index (χ0) is 10.1. The molecule has 0 aliphatic carbocycles. The summed E-state index contributed by atoms with van der Waals surface area (Å²) in [6.45, 7) is 0.585. The molecule has 0 amide bonds. The van der Waals surface area contributed by atoms with Gasteiger partial charge in [-0.1, -0.05) is 11.6 Å². The second kappa shape index (κ2) is 3.75. The average molecular weight is 216 g/mol.